The summed E-state index contributed by atoms with van der Waals surface area (Å²) in [6.07, 6.45) is 4.69. The Bertz CT molecular complexity index is 1410. The lowest BCUT2D eigenvalue weighted by atomic mass is 10.0. The number of rotatable bonds is 11. The molecule has 0 radical (unpaired) electrons. The van der Waals surface area contributed by atoms with E-state index in [9.17, 15) is 9.59 Å². The Hall–Kier alpha value is -4.64. The second kappa shape index (κ2) is 12.5. The molecule has 0 aliphatic rings. The van der Waals surface area contributed by atoms with Crippen LogP contribution in [0.4, 0.5) is 5.82 Å². The summed E-state index contributed by atoms with van der Waals surface area (Å²) in [6, 6.07) is 15.7. The lowest BCUT2D eigenvalue weighted by molar-refractivity contribution is -0.122. The maximum absolute atomic E-state index is 13.3. The van der Waals surface area contributed by atoms with Crippen LogP contribution >= 0.6 is 11.6 Å². The van der Waals surface area contributed by atoms with Gasteiger partial charge < -0.3 is 16.0 Å². The maximum atomic E-state index is 13.3. The van der Waals surface area contributed by atoms with Gasteiger partial charge in [0.25, 0.3) is 5.91 Å². The van der Waals surface area contributed by atoms with Gasteiger partial charge in [-0.25, -0.2) is 9.67 Å². The van der Waals surface area contributed by atoms with Gasteiger partial charge >= 0.3 is 0 Å². The van der Waals surface area contributed by atoms with E-state index in [1.165, 1.54) is 17.2 Å². The summed E-state index contributed by atoms with van der Waals surface area (Å²) >= 11 is 6.20. The Balaban J connectivity index is 1.46. The van der Waals surface area contributed by atoms with E-state index in [4.69, 9.17) is 17.0 Å². The molecule has 2 heterocycles. The third kappa shape index (κ3) is 6.77. The van der Waals surface area contributed by atoms with Crippen molar-refractivity contribution >= 4 is 35.6 Å². The fourth-order valence-corrected chi connectivity index (χ4v) is 4.11. The van der Waals surface area contributed by atoms with Gasteiger partial charge in [-0.2, -0.15) is 0 Å². The van der Waals surface area contributed by atoms with Crippen molar-refractivity contribution < 1.29 is 9.59 Å². The van der Waals surface area contributed by atoms with Crippen LogP contribution in [0.3, 0.4) is 0 Å². The second-order valence-electron chi connectivity index (χ2n) is 8.46. The average molecular weight is 532 g/mol. The number of tetrazole rings is 1. The standard InChI is InChI=1S/C26H26ClN9O2/c1-17-11-20(14-30-24(17)31-15-28)25(37)33-22(12-18-5-3-2-4-6-18)26(38)29-10-9-19-13-21(27)7-8-23(19)36-16-32-34-35-36/h2-8,11,13-16,22H,9-10,12H2,1H3,(H,29,38)(H,33,37)(H2,28,30,31)/t22-/m0/s1. The zero-order valence-corrected chi connectivity index (χ0v) is 21.3. The molecule has 12 heteroatoms. The summed E-state index contributed by atoms with van der Waals surface area (Å²) in [5, 5.41) is 27.5. The second-order valence-corrected chi connectivity index (χ2v) is 8.90. The molecule has 0 fully saturated rings. The van der Waals surface area contributed by atoms with Gasteiger partial charge in [0.15, 0.2) is 0 Å². The number of nitrogens with one attached hydrogen (secondary N) is 4. The minimum absolute atomic E-state index is 0.306. The summed E-state index contributed by atoms with van der Waals surface area (Å²) in [5.74, 6) is -0.258. The van der Waals surface area contributed by atoms with E-state index in [0.29, 0.717) is 41.4 Å². The highest BCUT2D eigenvalue weighted by Crippen LogP contribution is 2.19. The van der Waals surface area contributed by atoms with Crippen molar-refractivity contribution in [3.8, 4) is 5.69 Å². The van der Waals surface area contributed by atoms with Gasteiger partial charge in [0.05, 0.1) is 17.6 Å². The van der Waals surface area contributed by atoms with Crippen molar-refractivity contribution in [1.29, 1.82) is 5.41 Å². The molecule has 4 aromatic rings. The number of aryl methyl sites for hydroxylation is 1. The summed E-state index contributed by atoms with van der Waals surface area (Å²) < 4.78 is 1.53. The molecule has 38 heavy (non-hydrogen) atoms. The number of amides is 2. The van der Waals surface area contributed by atoms with Crippen LogP contribution in [0.1, 0.15) is 27.0 Å². The van der Waals surface area contributed by atoms with Crippen molar-refractivity contribution in [2.75, 3.05) is 11.9 Å². The van der Waals surface area contributed by atoms with E-state index in [1.807, 2.05) is 36.4 Å². The molecular weight excluding hydrogens is 506 g/mol. The van der Waals surface area contributed by atoms with Gasteiger partial charge in [-0.3, -0.25) is 15.0 Å². The van der Waals surface area contributed by atoms with Crippen LogP contribution in [-0.4, -0.2) is 55.9 Å². The number of anilines is 1. The number of aromatic nitrogens is 5. The molecule has 11 nitrogen and oxygen atoms in total. The molecular formula is C26H26ClN9O2. The number of carbonyl (C=O) groups is 2. The van der Waals surface area contributed by atoms with Gasteiger partial charge in [0, 0.05) is 24.2 Å². The summed E-state index contributed by atoms with van der Waals surface area (Å²) in [5.41, 5.74) is 3.53. The number of nitrogens with zero attached hydrogens (tertiary/aromatic N) is 5. The van der Waals surface area contributed by atoms with E-state index in [0.717, 1.165) is 23.2 Å². The number of benzene rings is 2. The Morgan fingerprint density at radius 3 is 2.68 bits per heavy atom. The average Bonchev–Trinajstić information content (AvgIpc) is 3.45. The zero-order valence-electron chi connectivity index (χ0n) is 20.6. The normalized spacial score (nSPS) is 11.4. The fraction of sp³-hybridized carbons (Fsp3) is 0.192. The van der Waals surface area contributed by atoms with E-state index in [1.54, 1.807) is 25.1 Å². The molecule has 0 bridgehead atoms. The maximum Gasteiger partial charge on any atom is 0.253 e. The lowest BCUT2D eigenvalue weighted by Gasteiger charge is -2.19. The van der Waals surface area contributed by atoms with Gasteiger partial charge in [0.1, 0.15) is 18.2 Å². The minimum atomic E-state index is -0.817. The van der Waals surface area contributed by atoms with Crippen LogP contribution < -0.4 is 16.0 Å². The molecule has 0 spiro atoms. The smallest absolute Gasteiger partial charge is 0.253 e. The van der Waals surface area contributed by atoms with E-state index >= 15 is 0 Å². The molecule has 0 aliphatic carbocycles. The first kappa shape index (κ1) is 26.4. The molecule has 194 valence electrons. The zero-order chi connectivity index (χ0) is 26.9. The first-order chi connectivity index (χ1) is 18.4. The highest BCUT2D eigenvalue weighted by atomic mass is 35.5. The minimum Gasteiger partial charge on any atom is -0.354 e. The van der Waals surface area contributed by atoms with E-state index in [2.05, 4.69) is 36.5 Å². The van der Waals surface area contributed by atoms with E-state index in [-0.39, 0.29) is 5.91 Å². The number of carbonyl (C=O) groups excluding carboxylic acids is 2. The van der Waals surface area contributed by atoms with Crippen molar-refractivity contribution in [1.82, 2.24) is 35.8 Å². The predicted octanol–water partition coefficient (Wildman–Crippen LogP) is 2.74. The van der Waals surface area contributed by atoms with Crippen molar-refractivity contribution in [2.45, 2.75) is 25.8 Å². The summed E-state index contributed by atoms with van der Waals surface area (Å²) in [4.78, 5) is 30.5. The number of hydrogen-bond donors (Lipinski definition) is 4. The van der Waals surface area contributed by atoms with Crippen LogP contribution in [-0.2, 0) is 17.6 Å². The molecule has 0 aliphatic heterocycles. The van der Waals surface area contributed by atoms with E-state index < -0.39 is 11.9 Å². The van der Waals surface area contributed by atoms with Gasteiger partial charge in [-0.05, 0) is 64.7 Å². The third-order valence-electron chi connectivity index (χ3n) is 5.78. The molecule has 0 saturated carbocycles. The van der Waals surface area contributed by atoms with Gasteiger partial charge in [-0.15, -0.1) is 5.10 Å². The van der Waals surface area contributed by atoms with Crippen molar-refractivity contribution in [3.05, 3.63) is 94.4 Å². The van der Waals surface area contributed by atoms with Crippen molar-refractivity contribution in [2.24, 2.45) is 0 Å². The monoisotopic (exact) mass is 531 g/mol. The Morgan fingerprint density at radius 1 is 1.16 bits per heavy atom. The summed E-state index contributed by atoms with van der Waals surface area (Å²) in [6.45, 7) is 2.09. The number of hydrogen-bond acceptors (Lipinski definition) is 7. The first-order valence-corrected chi connectivity index (χ1v) is 12.2. The van der Waals surface area contributed by atoms with Gasteiger partial charge in [0.2, 0.25) is 5.91 Å². The van der Waals surface area contributed by atoms with Crippen LogP contribution in [0.2, 0.25) is 5.02 Å². The predicted molar refractivity (Wildman–Crippen MR) is 144 cm³/mol. The molecule has 0 unspecified atom stereocenters. The molecule has 4 N–H and O–H groups in total. The third-order valence-corrected chi connectivity index (χ3v) is 6.02. The van der Waals surface area contributed by atoms with Crippen molar-refractivity contribution in [3.63, 3.8) is 0 Å². The molecule has 0 saturated heterocycles. The Morgan fingerprint density at radius 2 is 1.97 bits per heavy atom. The highest BCUT2D eigenvalue weighted by Gasteiger charge is 2.22. The number of halogens is 1. The molecule has 2 aromatic carbocycles. The Labute approximate surface area is 224 Å². The molecule has 4 rings (SSSR count). The topological polar surface area (TPSA) is 151 Å². The summed E-state index contributed by atoms with van der Waals surface area (Å²) in [7, 11) is 0. The Kier molecular flexibility index (Phi) is 8.73. The van der Waals surface area contributed by atoms with Crippen LogP contribution in [0.15, 0.2) is 67.1 Å². The fourth-order valence-electron chi connectivity index (χ4n) is 3.91. The first-order valence-electron chi connectivity index (χ1n) is 11.8. The SMILES string of the molecule is Cc1cc(C(=O)N[C@@H](Cc2ccccc2)C(=O)NCCc2cc(Cl)ccc2-n2cnnn2)cnc1NC=N. The van der Waals surface area contributed by atoms with Crippen LogP contribution in [0.25, 0.3) is 5.69 Å². The van der Waals surface area contributed by atoms with Gasteiger partial charge in [-0.1, -0.05) is 41.9 Å². The molecule has 2 amide bonds. The molecule has 1 atom stereocenters. The number of pyridine rings is 1. The lowest BCUT2D eigenvalue weighted by Crippen LogP contribution is -2.48. The molecule has 2 aromatic heterocycles. The largest absolute Gasteiger partial charge is 0.354 e. The van der Waals surface area contributed by atoms with Crippen LogP contribution in [0.5, 0.6) is 0 Å². The quantitative estimate of drug-likeness (QED) is 0.171. The highest BCUT2D eigenvalue weighted by molar-refractivity contribution is 6.30. The van der Waals surface area contributed by atoms with Crippen LogP contribution in [0, 0.1) is 12.3 Å².